The van der Waals surface area contributed by atoms with Gasteiger partial charge >= 0.3 is 0 Å². The molecule has 0 spiro atoms. The Hall–Kier alpha value is -2.15. The van der Waals surface area contributed by atoms with E-state index in [0.29, 0.717) is 19.5 Å². The molecule has 1 fully saturated rings. The van der Waals surface area contributed by atoms with E-state index in [1.165, 1.54) is 4.88 Å². The van der Waals surface area contributed by atoms with Gasteiger partial charge < -0.3 is 10.6 Å². The summed E-state index contributed by atoms with van der Waals surface area (Å²) in [5.41, 5.74) is 7.10. The topological polar surface area (TPSA) is 80.7 Å². The Bertz CT molecular complexity index is 774. The van der Waals surface area contributed by atoms with Crippen LogP contribution in [0.4, 0.5) is 0 Å². The Kier molecular flexibility index (Phi) is 3.74. The number of rotatable bonds is 3. The first-order valence-corrected chi connectivity index (χ1v) is 7.98. The number of carbonyl (C=O) groups excluding carboxylic acids is 2. The van der Waals surface area contributed by atoms with E-state index in [-0.39, 0.29) is 17.7 Å². The Morgan fingerprint density at radius 2 is 2.23 bits per heavy atom. The molecule has 7 heteroatoms. The van der Waals surface area contributed by atoms with E-state index in [0.717, 1.165) is 16.3 Å². The molecule has 2 N–H and O–H groups in total. The maximum Gasteiger partial charge on any atom is 0.246 e. The highest BCUT2D eigenvalue weighted by atomic mass is 32.1. The summed E-state index contributed by atoms with van der Waals surface area (Å²) >= 11 is 1.62. The van der Waals surface area contributed by atoms with Crippen molar-refractivity contribution in [3.05, 3.63) is 28.5 Å². The summed E-state index contributed by atoms with van der Waals surface area (Å²) in [6.07, 6.45) is 6.01. The molecule has 116 valence electrons. The lowest BCUT2D eigenvalue weighted by molar-refractivity contribution is -0.125. The average molecular weight is 318 g/mol. The van der Waals surface area contributed by atoms with Gasteiger partial charge in [0.05, 0.1) is 17.3 Å². The molecule has 2 aromatic rings. The Morgan fingerprint density at radius 3 is 2.91 bits per heavy atom. The van der Waals surface area contributed by atoms with Gasteiger partial charge in [-0.05, 0) is 26.3 Å². The SMILES string of the molecule is Cc1cn2c(/C=C\C(=O)N3CC[C@H](C(N)=O)C3)c(C)nc2s1. The second-order valence-electron chi connectivity index (χ2n) is 5.58. The average Bonchev–Trinajstić information content (AvgIpc) is 3.11. The second kappa shape index (κ2) is 5.57. The van der Waals surface area contributed by atoms with Gasteiger partial charge in [-0.3, -0.25) is 14.0 Å². The van der Waals surface area contributed by atoms with Crippen LogP contribution >= 0.6 is 11.3 Å². The predicted molar refractivity (Wildman–Crippen MR) is 85.5 cm³/mol. The number of thiazole rings is 1. The number of hydrogen-bond donors (Lipinski definition) is 1. The van der Waals surface area contributed by atoms with Gasteiger partial charge in [0.1, 0.15) is 0 Å². The highest BCUT2D eigenvalue weighted by molar-refractivity contribution is 7.17. The third-order valence-corrected chi connectivity index (χ3v) is 4.85. The molecule has 0 saturated carbocycles. The highest BCUT2D eigenvalue weighted by Crippen LogP contribution is 2.22. The van der Waals surface area contributed by atoms with Crippen molar-refractivity contribution < 1.29 is 9.59 Å². The maximum absolute atomic E-state index is 12.2. The molecule has 0 unspecified atom stereocenters. The number of hydrogen-bond acceptors (Lipinski definition) is 4. The van der Waals surface area contributed by atoms with Crippen molar-refractivity contribution in [3.63, 3.8) is 0 Å². The number of amides is 2. The molecule has 2 aromatic heterocycles. The van der Waals surface area contributed by atoms with Crippen molar-refractivity contribution in [3.8, 4) is 0 Å². The number of fused-ring (bicyclic) bond motifs is 1. The molecule has 3 heterocycles. The third-order valence-electron chi connectivity index (χ3n) is 3.95. The number of nitrogens with zero attached hydrogens (tertiary/aromatic N) is 3. The van der Waals surface area contributed by atoms with Gasteiger partial charge in [-0.2, -0.15) is 0 Å². The van der Waals surface area contributed by atoms with Crippen LogP contribution in [0.25, 0.3) is 11.0 Å². The number of likely N-dealkylation sites (tertiary alicyclic amines) is 1. The minimum absolute atomic E-state index is 0.0925. The van der Waals surface area contributed by atoms with Crippen LogP contribution in [0.15, 0.2) is 12.3 Å². The van der Waals surface area contributed by atoms with Crippen LogP contribution in [0.5, 0.6) is 0 Å². The molecule has 1 saturated heterocycles. The monoisotopic (exact) mass is 318 g/mol. The van der Waals surface area contributed by atoms with Gasteiger partial charge in [0.15, 0.2) is 4.96 Å². The van der Waals surface area contributed by atoms with Gasteiger partial charge in [-0.1, -0.05) is 0 Å². The van der Waals surface area contributed by atoms with Crippen molar-refractivity contribution >= 4 is 34.2 Å². The smallest absolute Gasteiger partial charge is 0.246 e. The summed E-state index contributed by atoms with van der Waals surface area (Å²) in [6, 6.07) is 0. The molecule has 0 radical (unpaired) electrons. The number of aromatic nitrogens is 2. The van der Waals surface area contributed by atoms with Gasteiger partial charge in [0, 0.05) is 30.2 Å². The molecule has 0 aliphatic carbocycles. The van der Waals surface area contributed by atoms with Crippen LogP contribution in [0.3, 0.4) is 0 Å². The zero-order valence-electron chi connectivity index (χ0n) is 12.6. The van der Waals surface area contributed by atoms with Crippen LogP contribution in [0.2, 0.25) is 0 Å². The summed E-state index contributed by atoms with van der Waals surface area (Å²) in [7, 11) is 0. The minimum Gasteiger partial charge on any atom is -0.369 e. The Labute approximate surface area is 132 Å². The van der Waals surface area contributed by atoms with Crippen LogP contribution in [0, 0.1) is 19.8 Å². The number of imidazole rings is 1. The fourth-order valence-corrected chi connectivity index (χ4v) is 3.61. The van der Waals surface area contributed by atoms with E-state index >= 15 is 0 Å². The number of nitrogens with two attached hydrogens (primary N) is 1. The molecule has 1 aliphatic heterocycles. The Morgan fingerprint density at radius 1 is 1.45 bits per heavy atom. The van der Waals surface area contributed by atoms with Gasteiger partial charge in [-0.15, -0.1) is 11.3 Å². The molecule has 0 bridgehead atoms. The molecule has 22 heavy (non-hydrogen) atoms. The zero-order chi connectivity index (χ0) is 15.9. The normalized spacial score (nSPS) is 18.6. The molecule has 0 aromatic carbocycles. The van der Waals surface area contributed by atoms with Crippen LogP contribution in [-0.2, 0) is 9.59 Å². The number of carbonyl (C=O) groups is 2. The zero-order valence-corrected chi connectivity index (χ0v) is 13.4. The van der Waals surface area contributed by atoms with E-state index < -0.39 is 0 Å². The lowest BCUT2D eigenvalue weighted by atomic mass is 10.1. The molecule has 1 atom stereocenters. The number of primary amides is 1. The largest absolute Gasteiger partial charge is 0.369 e. The van der Waals surface area contributed by atoms with Crippen LogP contribution in [0.1, 0.15) is 22.7 Å². The lowest BCUT2D eigenvalue weighted by Gasteiger charge is -2.13. The van der Waals surface area contributed by atoms with Crippen LogP contribution in [-0.4, -0.2) is 39.2 Å². The summed E-state index contributed by atoms with van der Waals surface area (Å²) in [4.78, 5) is 31.6. The molecule has 3 rings (SSSR count). The lowest BCUT2D eigenvalue weighted by Crippen LogP contribution is -2.30. The molecule has 1 aliphatic rings. The third kappa shape index (κ3) is 2.64. The maximum atomic E-state index is 12.2. The molecule has 6 nitrogen and oxygen atoms in total. The predicted octanol–water partition coefficient (Wildman–Crippen LogP) is 1.36. The van der Waals surface area contributed by atoms with E-state index in [4.69, 9.17) is 5.73 Å². The van der Waals surface area contributed by atoms with E-state index in [2.05, 4.69) is 4.98 Å². The van der Waals surface area contributed by atoms with Gasteiger partial charge in [-0.25, -0.2) is 4.98 Å². The van der Waals surface area contributed by atoms with Crippen molar-refractivity contribution in [2.75, 3.05) is 13.1 Å². The summed E-state index contributed by atoms with van der Waals surface area (Å²) < 4.78 is 2.00. The number of aryl methyl sites for hydroxylation is 2. The van der Waals surface area contributed by atoms with E-state index in [1.54, 1.807) is 28.4 Å². The minimum atomic E-state index is -0.332. The quantitative estimate of drug-likeness (QED) is 0.868. The van der Waals surface area contributed by atoms with E-state index in [9.17, 15) is 9.59 Å². The van der Waals surface area contributed by atoms with E-state index in [1.807, 2.05) is 24.4 Å². The second-order valence-corrected chi connectivity index (χ2v) is 6.80. The Balaban J connectivity index is 1.77. The molecular weight excluding hydrogens is 300 g/mol. The first kappa shape index (κ1) is 14.8. The fraction of sp³-hybridized carbons (Fsp3) is 0.400. The highest BCUT2D eigenvalue weighted by Gasteiger charge is 2.28. The molecule has 2 amide bonds. The van der Waals surface area contributed by atoms with Crippen molar-refractivity contribution in [1.82, 2.24) is 14.3 Å². The molecular formula is C15H18N4O2S. The summed E-state index contributed by atoms with van der Waals surface area (Å²) in [5.74, 6) is -0.647. The van der Waals surface area contributed by atoms with Crippen molar-refractivity contribution in [1.29, 1.82) is 0 Å². The van der Waals surface area contributed by atoms with Crippen molar-refractivity contribution in [2.45, 2.75) is 20.3 Å². The summed E-state index contributed by atoms with van der Waals surface area (Å²) in [6.45, 7) is 4.95. The summed E-state index contributed by atoms with van der Waals surface area (Å²) in [5, 5.41) is 0. The van der Waals surface area contributed by atoms with Gasteiger partial charge in [0.25, 0.3) is 0 Å². The van der Waals surface area contributed by atoms with Crippen molar-refractivity contribution in [2.24, 2.45) is 11.7 Å². The first-order valence-electron chi connectivity index (χ1n) is 7.17. The standard InChI is InChI=1S/C15H18N4O2S/c1-9-7-19-12(10(2)17-15(19)22-9)3-4-13(20)18-6-5-11(8-18)14(16)21/h3-4,7,11H,5-6,8H2,1-2H3,(H2,16,21)/b4-3-/t11-/m0/s1. The van der Waals surface area contributed by atoms with Gasteiger partial charge in [0.2, 0.25) is 11.8 Å². The fourth-order valence-electron chi connectivity index (χ4n) is 2.73. The van der Waals surface area contributed by atoms with Crippen LogP contribution < -0.4 is 5.73 Å². The first-order chi connectivity index (χ1) is 10.5.